The van der Waals surface area contributed by atoms with Crippen LogP contribution in [0.2, 0.25) is 0 Å². The van der Waals surface area contributed by atoms with E-state index in [1.165, 1.54) is 0 Å². The molecule has 0 spiro atoms. The Kier molecular flexibility index (Phi) is 3.07. The van der Waals surface area contributed by atoms with Crippen molar-refractivity contribution in [2.24, 2.45) is 5.73 Å². The first kappa shape index (κ1) is 10.9. The summed E-state index contributed by atoms with van der Waals surface area (Å²) in [7, 11) is 0. The molecular weight excluding hydrogens is 204 g/mol. The molecule has 0 fully saturated rings. The molecule has 16 heavy (non-hydrogen) atoms. The van der Waals surface area contributed by atoms with Crippen molar-refractivity contribution in [1.29, 1.82) is 0 Å². The molecule has 1 heterocycles. The third-order valence-electron chi connectivity index (χ3n) is 2.26. The number of nitrogen functional groups attached to an aromatic ring is 1. The van der Waals surface area contributed by atoms with Gasteiger partial charge in [0, 0.05) is 17.1 Å². The van der Waals surface area contributed by atoms with E-state index in [-0.39, 0.29) is 6.04 Å². The van der Waals surface area contributed by atoms with Gasteiger partial charge in [0.15, 0.2) is 0 Å². The Morgan fingerprint density at radius 3 is 3.06 bits per heavy atom. The normalized spacial score (nSPS) is 13.1. The highest BCUT2D eigenvalue weighted by Crippen LogP contribution is 2.16. The van der Waals surface area contributed by atoms with Crippen LogP contribution >= 0.6 is 0 Å². The van der Waals surface area contributed by atoms with Crippen LogP contribution in [0.1, 0.15) is 6.92 Å². The van der Waals surface area contributed by atoms with Crippen LogP contribution in [-0.2, 0) is 11.5 Å². The molecule has 5 heteroatoms. The van der Waals surface area contributed by atoms with Gasteiger partial charge in [0.1, 0.15) is 6.73 Å². The van der Waals surface area contributed by atoms with Crippen molar-refractivity contribution in [3.05, 3.63) is 24.4 Å². The van der Waals surface area contributed by atoms with Crippen molar-refractivity contribution in [1.82, 2.24) is 9.78 Å². The zero-order chi connectivity index (χ0) is 11.5. The molecule has 0 radical (unpaired) electrons. The summed E-state index contributed by atoms with van der Waals surface area (Å²) >= 11 is 0. The highest BCUT2D eigenvalue weighted by Gasteiger charge is 2.03. The second-order valence-electron chi connectivity index (χ2n) is 3.94. The molecule has 0 aliphatic carbocycles. The number of aromatic nitrogens is 2. The highest BCUT2D eigenvalue weighted by atomic mass is 16.5. The smallest absolute Gasteiger partial charge is 0.140 e. The predicted octanol–water partition coefficient (Wildman–Crippen LogP) is 0.940. The van der Waals surface area contributed by atoms with E-state index in [1.807, 2.05) is 25.1 Å². The van der Waals surface area contributed by atoms with Gasteiger partial charge in [-0.05, 0) is 25.1 Å². The highest BCUT2D eigenvalue weighted by molar-refractivity contribution is 5.81. The molecule has 1 aromatic heterocycles. The summed E-state index contributed by atoms with van der Waals surface area (Å²) in [6, 6.07) is 5.72. The van der Waals surface area contributed by atoms with E-state index >= 15 is 0 Å². The van der Waals surface area contributed by atoms with Gasteiger partial charge in [-0.15, -0.1) is 0 Å². The zero-order valence-electron chi connectivity index (χ0n) is 9.26. The summed E-state index contributed by atoms with van der Waals surface area (Å²) < 4.78 is 7.21. The van der Waals surface area contributed by atoms with Crippen molar-refractivity contribution in [3.8, 4) is 0 Å². The maximum Gasteiger partial charge on any atom is 0.140 e. The van der Waals surface area contributed by atoms with Crippen molar-refractivity contribution in [2.75, 3.05) is 12.3 Å². The van der Waals surface area contributed by atoms with Crippen LogP contribution in [0.5, 0.6) is 0 Å². The molecule has 0 amide bonds. The van der Waals surface area contributed by atoms with Gasteiger partial charge in [0.2, 0.25) is 0 Å². The Hall–Kier alpha value is -1.59. The Morgan fingerprint density at radius 2 is 2.31 bits per heavy atom. The summed E-state index contributed by atoms with van der Waals surface area (Å²) in [6.45, 7) is 2.84. The molecule has 0 saturated heterocycles. The van der Waals surface area contributed by atoms with Gasteiger partial charge in [-0.25, -0.2) is 4.68 Å². The molecule has 0 unspecified atom stereocenters. The SMILES string of the molecule is C[C@@H](N)COCn1ncc2cc(N)ccc21. The van der Waals surface area contributed by atoms with Gasteiger partial charge in [-0.1, -0.05) is 0 Å². The lowest BCUT2D eigenvalue weighted by atomic mass is 10.2. The molecule has 0 aliphatic heterocycles. The topological polar surface area (TPSA) is 79.1 Å². The molecular formula is C11H16N4O. The number of benzene rings is 1. The van der Waals surface area contributed by atoms with Gasteiger partial charge in [0.05, 0.1) is 18.3 Å². The first-order chi connectivity index (χ1) is 7.66. The second-order valence-corrected chi connectivity index (χ2v) is 3.94. The van der Waals surface area contributed by atoms with E-state index in [0.717, 1.165) is 16.6 Å². The zero-order valence-corrected chi connectivity index (χ0v) is 9.26. The Balaban J connectivity index is 2.13. The third-order valence-corrected chi connectivity index (χ3v) is 2.26. The van der Waals surface area contributed by atoms with Crippen LogP contribution in [0.3, 0.4) is 0 Å². The number of anilines is 1. The first-order valence-electron chi connectivity index (χ1n) is 5.21. The summed E-state index contributed by atoms with van der Waals surface area (Å²) in [4.78, 5) is 0. The molecule has 4 N–H and O–H groups in total. The summed E-state index contributed by atoms with van der Waals surface area (Å²) in [5.41, 5.74) is 13.0. The Morgan fingerprint density at radius 1 is 1.50 bits per heavy atom. The molecule has 1 atom stereocenters. The van der Waals surface area contributed by atoms with E-state index in [1.54, 1.807) is 10.9 Å². The van der Waals surface area contributed by atoms with E-state index in [4.69, 9.17) is 16.2 Å². The van der Waals surface area contributed by atoms with E-state index < -0.39 is 0 Å². The van der Waals surface area contributed by atoms with Gasteiger partial charge in [-0.3, -0.25) is 0 Å². The fourth-order valence-electron chi connectivity index (χ4n) is 1.53. The standard InChI is InChI=1S/C11H16N4O/c1-8(12)6-16-7-15-11-3-2-10(13)4-9(11)5-14-15/h2-5,8H,6-7,12-13H2,1H3/t8-/m1/s1. The molecule has 1 aromatic carbocycles. The van der Waals surface area contributed by atoms with Crippen LogP contribution in [-0.4, -0.2) is 22.4 Å². The van der Waals surface area contributed by atoms with Crippen molar-refractivity contribution < 1.29 is 4.74 Å². The van der Waals surface area contributed by atoms with Crippen LogP contribution < -0.4 is 11.5 Å². The van der Waals surface area contributed by atoms with Crippen molar-refractivity contribution in [2.45, 2.75) is 19.7 Å². The molecule has 0 bridgehead atoms. The predicted molar refractivity (Wildman–Crippen MR) is 63.7 cm³/mol. The number of nitrogens with two attached hydrogens (primary N) is 2. The number of fused-ring (bicyclic) bond motifs is 1. The second kappa shape index (κ2) is 4.51. The number of hydrogen-bond donors (Lipinski definition) is 2. The van der Waals surface area contributed by atoms with Gasteiger partial charge in [0.25, 0.3) is 0 Å². The number of ether oxygens (including phenoxy) is 1. The molecule has 2 rings (SSSR count). The minimum absolute atomic E-state index is 0.0393. The lowest BCUT2D eigenvalue weighted by molar-refractivity contribution is 0.0646. The summed E-state index contributed by atoms with van der Waals surface area (Å²) in [6.07, 6.45) is 1.78. The van der Waals surface area contributed by atoms with E-state index in [2.05, 4.69) is 5.10 Å². The van der Waals surface area contributed by atoms with Crippen LogP contribution in [0.25, 0.3) is 10.9 Å². The molecule has 2 aromatic rings. The van der Waals surface area contributed by atoms with E-state index in [9.17, 15) is 0 Å². The lowest BCUT2D eigenvalue weighted by Crippen LogP contribution is -2.22. The minimum atomic E-state index is 0.0393. The summed E-state index contributed by atoms with van der Waals surface area (Å²) in [5.74, 6) is 0. The van der Waals surface area contributed by atoms with Crippen LogP contribution in [0, 0.1) is 0 Å². The molecule has 0 saturated carbocycles. The molecule has 5 nitrogen and oxygen atoms in total. The van der Waals surface area contributed by atoms with Crippen molar-refractivity contribution >= 4 is 16.6 Å². The van der Waals surface area contributed by atoms with Gasteiger partial charge in [-0.2, -0.15) is 5.10 Å². The Labute approximate surface area is 94.0 Å². The average molecular weight is 220 g/mol. The number of rotatable bonds is 4. The first-order valence-corrected chi connectivity index (χ1v) is 5.21. The lowest BCUT2D eigenvalue weighted by Gasteiger charge is -2.07. The average Bonchev–Trinajstić information content (AvgIpc) is 2.60. The van der Waals surface area contributed by atoms with Crippen molar-refractivity contribution in [3.63, 3.8) is 0 Å². The number of nitrogens with zero attached hydrogens (tertiary/aromatic N) is 2. The fraction of sp³-hybridized carbons (Fsp3) is 0.364. The Bertz CT molecular complexity index is 478. The maximum absolute atomic E-state index is 5.69. The third kappa shape index (κ3) is 2.32. The van der Waals surface area contributed by atoms with E-state index in [0.29, 0.717) is 13.3 Å². The monoisotopic (exact) mass is 220 g/mol. The number of hydrogen-bond acceptors (Lipinski definition) is 4. The van der Waals surface area contributed by atoms with Gasteiger partial charge < -0.3 is 16.2 Å². The maximum atomic E-state index is 5.69. The van der Waals surface area contributed by atoms with Gasteiger partial charge >= 0.3 is 0 Å². The van der Waals surface area contributed by atoms with Crippen LogP contribution in [0.15, 0.2) is 24.4 Å². The fourth-order valence-corrected chi connectivity index (χ4v) is 1.53. The minimum Gasteiger partial charge on any atom is -0.399 e. The summed E-state index contributed by atoms with van der Waals surface area (Å²) in [5, 5.41) is 5.25. The molecule has 86 valence electrons. The quantitative estimate of drug-likeness (QED) is 0.751. The van der Waals surface area contributed by atoms with Crippen LogP contribution in [0.4, 0.5) is 5.69 Å². The molecule has 0 aliphatic rings. The largest absolute Gasteiger partial charge is 0.399 e.